The van der Waals surface area contributed by atoms with Crippen LogP contribution in [-0.4, -0.2) is 36.7 Å². The summed E-state index contributed by atoms with van der Waals surface area (Å²) in [6.07, 6.45) is 2.52. The largest absolute Gasteiger partial charge is 0.469 e. The van der Waals surface area contributed by atoms with Gasteiger partial charge < -0.3 is 14.2 Å². The van der Waals surface area contributed by atoms with Crippen LogP contribution in [0.5, 0.6) is 0 Å². The van der Waals surface area contributed by atoms with Gasteiger partial charge in [0.15, 0.2) is 0 Å². The molecule has 0 N–H and O–H groups in total. The second-order valence-electron chi connectivity index (χ2n) is 6.49. The van der Waals surface area contributed by atoms with Crippen LogP contribution in [0.3, 0.4) is 0 Å². The lowest BCUT2D eigenvalue weighted by Gasteiger charge is -2.38. The Morgan fingerprint density at radius 1 is 1.09 bits per heavy atom. The normalized spacial score (nSPS) is 21.2. The molecule has 1 saturated carbocycles. The van der Waals surface area contributed by atoms with Crippen molar-refractivity contribution in [2.45, 2.75) is 64.6 Å². The quantitative estimate of drug-likeness (QED) is 0.323. The van der Waals surface area contributed by atoms with E-state index >= 15 is 0 Å². The zero-order chi connectivity index (χ0) is 17.6. The summed E-state index contributed by atoms with van der Waals surface area (Å²) in [5.74, 6) is -1.40. The molecular weight excluding hydrogens is 300 g/mol. The van der Waals surface area contributed by atoms with Gasteiger partial charge in [0.2, 0.25) is 0 Å². The van der Waals surface area contributed by atoms with E-state index in [-0.39, 0.29) is 24.4 Å². The predicted molar refractivity (Wildman–Crippen MR) is 83.5 cm³/mol. The van der Waals surface area contributed by atoms with Crippen LogP contribution in [0.2, 0.25) is 0 Å². The molecule has 1 aliphatic carbocycles. The maximum atomic E-state index is 11.8. The molecule has 0 aromatic carbocycles. The van der Waals surface area contributed by atoms with Crippen molar-refractivity contribution in [2.24, 2.45) is 5.92 Å². The van der Waals surface area contributed by atoms with E-state index in [0.29, 0.717) is 5.57 Å². The average molecular weight is 326 g/mol. The van der Waals surface area contributed by atoms with Gasteiger partial charge in [-0.3, -0.25) is 9.59 Å². The molecule has 0 unspecified atom stereocenters. The molecule has 0 saturated heterocycles. The van der Waals surface area contributed by atoms with Crippen LogP contribution in [0, 0.1) is 5.92 Å². The average Bonchev–Trinajstić information content (AvgIpc) is 2.46. The second kappa shape index (κ2) is 8.13. The van der Waals surface area contributed by atoms with Crippen molar-refractivity contribution >= 4 is 17.9 Å². The zero-order valence-electron chi connectivity index (χ0n) is 14.3. The summed E-state index contributed by atoms with van der Waals surface area (Å²) in [7, 11) is 1.23. The molecule has 1 rings (SSSR count). The monoisotopic (exact) mass is 326 g/mol. The van der Waals surface area contributed by atoms with Crippen molar-refractivity contribution in [1.82, 2.24) is 0 Å². The smallest absolute Gasteiger partial charge is 0.333 e. The van der Waals surface area contributed by atoms with Crippen molar-refractivity contribution < 1.29 is 28.6 Å². The van der Waals surface area contributed by atoms with Gasteiger partial charge in [-0.25, -0.2) is 4.79 Å². The third-order valence-electron chi connectivity index (χ3n) is 4.17. The molecular formula is C17H26O6. The van der Waals surface area contributed by atoms with Crippen molar-refractivity contribution in [1.29, 1.82) is 0 Å². The summed E-state index contributed by atoms with van der Waals surface area (Å²) in [6, 6.07) is 0. The number of hydrogen-bond acceptors (Lipinski definition) is 6. The van der Waals surface area contributed by atoms with Gasteiger partial charge in [-0.05, 0) is 52.4 Å². The van der Waals surface area contributed by atoms with Crippen molar-refractivity contribution in [3.05, 3.63) is 12.2 Å². The van der Waals surface area contributed by atoms with E-state index in [9.17, 15) is 14.4 Å². The molecule has 6 nitrogen and oxygen atoms in total. The standard InChI is InChI=1S/C17H26O6/c1-11(2)16(20)22-13-8-6-12(7-9-13)17(3,4)23-15(19)10-14(18)21-5/h12-13H,1,6-10H2,2-5H3. The van der Waals surface area contributed by atoms with E-state index < -0.39 is 17.5 Å². The Morgan fingerprint density at radius 3 is 2.13 bits per heavy atom. The minimum Gasteiger partial charge on any atom is -0.469 e. The van der Waals surface area contributed by atoms with Gasteiger partial charge in [-0.2, -0.15) is 0 Å². The first kappa shape index (κ1) is 19.2. The van der Waals surface area contributed by atoms with Crippen molar-refractivity contribution in [2.75, 3.05) is 7.11 Å². The van der Waals surface area contributed by atoms with E-state index in [4.69, 9.17) is 9.47 Å². The first-order chi connectivity index (χ1) is 10.7. The Bertz CT molecular complexity index is 471. The van der Waals surface area contributed by atoms with Gasteiger partial charge in [-0.15, -0.1) is 0 Å². The van der Waals surface area contributed by atoms with E-state index in [2.05, 4.69) is 11.3 Å². The number of carbonyl (C=O) groups excluding carboxylic acids is 3. The molecule has 1 aliphatic rings. The maximum absolute atomic E-state index is 11.8. The molecule has 0 atom stereocenters. The minimum atomic E-state index is -0.672. The highest BCUT2D eigenvalue weighted by atomic mass is 16.6. The highest BCUT2D eigenvalue weighted by Gasteiger charge is 2.37. The lowest BCUT2D eigenvalue weighted by molar-refractivity contribution is -0.168. The summed E-state index contributed by atoms with van der Waals surface area (Å²) in [5.41, 5.74) is -0.279. The summed E-state index contributed by atoms with van der Waals surface area (Å²) in [5, 5.41) is 0. The van der Waals surface area contributed by atoms with Crippen LogP contribution in [0.15, 0.2) is 12.2 Å². The summed E-state index contributed by atoms with van der Waals surface area (Å²) in [6.45, 7) is 8.87. The van der Waals surface area contributed by atoms with Crippen LogP contribution in [0.4, 0.5) is 0 Å². The number of esters is 3. The van der Waals surface area contributed by atoms with Gasteiger partial charge in [0, 0.05) is 5.57 Å². The first-order valence-corrected chi connectivity index (χ1v) is 7.81. The Labute approximate surface area is 137 Å². The molecule has 1 fully saturated rings. The maximum Gasteiger partial charge on any atom is 0.333 e. The van der Waals surface area contributed by atoms with Gasteiger partial charge in [0.05, 0.1) is 7.11 Å². The van der Waals surface area contributed by atoms with Crippen LogP contribution in [-0.2, 0) is 28.6 Å². The van der Waals surface area contributed by atoms with Crippen LogP contribution >= 0.6 is 0 Å². The predicted octanol–water partition coefficient (Wildman–Crippen LogP) is 2.55. The number of methoxy groups -OCH3 is 1. The Hall–Kier alpha value is -1.85. The molecule has 0 heterocycles. The fourth-order valence-electron chi connectivity index (χ4n) is 2.73. The van der Waals surface area contributed by atoms with Crippen LogP contribution in [0.25, 0.3) is 0 Å². The minimum absolute atomic E-state index is 0.114. The highest BCUT2D eigenvalue weighted by Crippen LogP contribution is 2.36. The number of carbonyl (C=O) groups is 3. The molecule has 0 bridgehead atoms. The Morgan fingerprint density at radius 2 is 1.65 bits per heavy atom. The van der Waals surface area contributed by atoms with Crippen molar-refractivity contribution in [3.8, 4) is 0 Å². The summed E-state index contributed by atoms with van der Waals surface area (Å²) in [4.78, 5) is 34.4. The first-order valence-electron chi connectivity index (χ1n) is 7.81. The number of ether oxygens (including phenoxy) is 3. The molecule has 0 aliphatic heterocycles. The molecule has 0 spiro atoms. The number of rotatable bonds is 6. The van der Waals surface area contributed by atoms with Crippen LogP contribution in [0.1, 0.15) is 52.9 Å². The third-order valence-corrected chi connectivity index (χ3v) is 4.17. The van der Waals surface area contributed by atoms with Gasteiger partial charge in [-0.1, -0.05) is 6.58 Å². The zero-order valence-corrected chi connectivity index (χ0v) is 14.3. The van der Waals surface area contributed by atoms with E-state index in [1.807, 2.05) is 13.8 Å². The molecule has 130 valence electrons. The van der Waals surface area contributed by atoms with Gasteiger partial charge in [0.25, 0.3) is 0 Å². The molecule has 0 amide bonds. The van der Waals surface area contributed by atoms with Gasteiger partial charge in [0.1, 0.15) is 18.1 Å². The number of hydrogen-bond donors (Lipinski definition) is 0. The van der Waals surface area contributed by atoms with Crippen molar-refractivity contribution in [3.63, 3.8) is 0 Å². The molecule has 23 heavy (non-hydrogen) atoms. The fourth-order valence-corrected chi connectivity index (χ4v) is 2.73. The molecule has 0 radical (unpaired) electrons. The molecule has 0 aromatic rings. The lowest BCUT2D eigenvalue weighted by Crippen LogP contribution is -2.40. The second-order valence-corrected chi connectivity index (χ2v) is 6.49. The van der Waals surface area contributed by atoms with Crippen LogP contribution < -0.4 is 0 Å². The molecule has 0 aromatic heterocycles. The Balaban J connectivity index is 2.48. The van der Waals surface area contributed by atoms with E-state index in [0.717, 1.165) is 25.7 Å². The summed E-state index contributed by atoms with van der Waals surface area (Å²) >= 11 is 0. The Kier molecular flexibility index (Phi) is 6.79. The molecule has 6 heteroatoms. The highest BCUT2D eigenvalue weighted by molar-refractivity contribution is 5.91. The van der Waals surface area contributed by atoms with Gasteiger partial charge >= 0.3 is 17.9 Å². The third kappa shape index (κ3) is 6.04. The SMILES string of the molecule is C=C(C)C(=O)OC1CCC(C(C)(C)OC(=O)CC(=O)OC)CC1. The summed E-state index contributed by atoms with van der Waals surface area (Å²) < 4.78 is 15.3. The van der Waals surface area contributed by atoms with E-state index in [1.54, 1.807) is 6.92 Å². The fraction of sp³-hybridized carbons (Fsp3) is 0.706. The lowest BCUT2D eigenvalue weighted by atomic mass is 9.77. The topological polar surface area (TPSA) is 78.9 Å². The van der Waals surface area contributed by atoms with E-state index in [1.165, 1.54) is 7.11 Å².